The lowest BCUT2D eigenvalue weighted by atomic mass is 9.96. The molecule has 0 N–H and O–H groups in total. The quantitative estimate of drug-likeness (QED) is 0.422. The fraction of sp³-hybridized carbons (Fsp3) is 0.524. The number of amides is 1. The van der Waals surface area contributed by atoms with Gasteiger partial charge in [-0.05, 0) is 31.9 Å². The van der Waals surface area contributed by atoms with Gasteiger partial charge in [-0.1, -0.05) is 6.07 Å². The minimum absolute atomic E-state index is 0.144. The molecule has 2 aliphatic heterocycles. The Hall–Kier alpha value is -3.08. The summed E-state index contributed by atoms with van der Waals surface area (Å²) < 4.78 is 5.07. The first-order chi connectivity index (χ1) is 14.1. The molecule has 0 saturated carbocycles. The molecule has 0 atom stereocenters. The van der Waals surface area contributed by atoms with Crippen molar-refractivity contribution in [2.45, 2.75) is 19.8 Å². The van der Waals surface area contributed by atoms with Gasteiger partial charge < -0.3 is 19.4 Å². The molecule has 1 amide bonds. The van der Waals surface area contributed by atoms with Crippen LogP contribution in [0.5, 0.6) is 0 Å². The van der Waals surface area contributed by atoms with Crippen LogP contribution in [0.15, 0.2) is 36.2 Å². The number of pyridine rings is 1. The summed E-state index contributed by atoms with van der Waals surface area (Å²) in [5, 5.41) is 9.51. The Morgan fingerprint density at radius 3 is 2.52 bits per heavy atom. The zero-order valence-electron chi connectivity index (χ0n) is 16.8. The topological polar surface area (TPSA) is 89.8 Å². The molecule has 8 heteroatoms. The van der Waals surface area contributed by atoms with Crippen molar-refractivity contribution in [3.05, 3.63) is 36.2 Å². The van der Waals surface area contributed by atoms with Crippen LogP contribution in [0.1, 0.15) is 19.8 Å². The van der Waals surface area contributed by atoms with Crippen molar-refractivity contribution in [1.82, 2.24) is 14.8 Å². The van der Waals surface area contributed by atoms with E-state index in [1.54, 1.807) is 24.2 Å². The number of esters is 1. The zero-order chi connectivity index (χ0) is 20.6. The molecule has 0 radical (unpaired) electrons. The maximum absolute atomic E-state index is 12.8. The maximum atomic E-state index is 12.8. The fourth-order valence-corrected chi connectivity index (χ4v) is 3.68. The number of nitrogens with zero attached hydrogens (tertiary/aromatic N) is 5. The highest BCUT2D eigenvalue weighted by atomic mass is 16.5. The number of likely N-dealkylation sites (tertiary alicyclic amines) is 1. The second kappa shape index (κ2) is 9.92. The predicted octanol–water partition coefficient (Wildman–Crippen LogP) is 1.41. The van der Waals surface area contributed by atoms with E-state index in [1.165, 1.54) is 0 Å². The van der Waals surface area contributed by atoms with Gasteiger partial charge in [0.05, 0.1) is 12.5 Å². The maximum Gasteiger partial charge on any atom is 0.309 e. The number of piperidine rings is 1. The highest BCUT2D eigenvalue weighted by molar-refractivity contribution is 5.97. The standard InChI is InChI=1S/C21H27N5O3/c1-2-29-21(28)17-6-9-26(10-7-17)20(27)18(15-22)16-24-11-13-25(14-12-24)19-5-3-4-8-23-19/h3-5,8,16-17H,2,6-7,9-14H2,1H3/b18-16-. The van der Waals surface area contributed by atoms with Gasteiger partial charge in [0.15, 0.2) is 0 Å². The minimum atomic E-state index is -0.262. The zero-order valence-corrected chi connectivity index (χ0v) is 16.8. The first-order valence-electron chi connectivity index (χ1n) is 10.1. The van der Waals surface area contributed by atoms with Gasteiger partial charge in [0.1, 0.15) is 17.5 Å². The SMILES string of the molecule is CCOC(=O)C1CCN(C(=O)/C(C#N)=C\N2CCN(c3ccccn3)CC2)CC1. The Morgan fingerprint density at radius 1 is 1.21 bits per heavy atom. The molecule has 29 heavy (non-hydrogen) atoms. The third kappa shape index (κ3) is 5.25. The van der Waals surface area contributed by atoms with E-state index in [2.05, 4.69) is 16.0 Å². The number of rotatable bonds is 5. The number of nitriles is 1. The Bertz CT molecular complexity index is 773. The Morgan fingerprint density at radius 2 is 1.93 bits per heavy atom. The van der Waals surface area contributed by atoms with Crippen LogP contribution in [0.2, 0.25) is 0 Å². The van der Waals surface area contributed by atoms with Gasteiger partial charge in [0.2, 0.25) is 0 Å². The number of carbonyl (C=O) groups excluding carboxylic acids is 2. The lowest BCUT2D eigenvalue weighted by Crippen LogP contribution is -2.45. The molecular formula is C21H27N5O3. The number of piperazine rings is 1. The van der Waals surface area contributed by atoms with Crippen molar-refractivity contribution < 1.29 is 14.3 Å². The summed E-state index contributed by atoms with van der Waals surface area (Å²) in [5.41, 5.74) is 0.144. The Kier molecular flexibility index (Phi) is 7.06. The van der Waals surface area contributed by atoms with E-state index in [0.717, 1.165) is 32.0 Å². The molecule has 2 fully saturated rings. The van der Waals surface area contributed by atoms with E-state index in [4.69, 9.17) is 4.74 Å². The molecule has 1 aromatic rings. The smallest absolute Gasteiger partial charge is 0.309 e. The Balaban J connectivity index is 1.53. The minimum Gasteiger partial charge on any atom is -0.466 e. The molecule has 0 aromatic carbocycles. The highest BCUT2D eigenvalue weighted by Gasteiger charge is 2.30. The number of anilines is 1. The average molecular weight is 397 g/mol. The van der Waals surface area contributed by atoms with Crippen LogP contribution >= 0.6 is 0 Å². The van der Waals surface area contributed by atoms with Crippen LogP contribution in [0, 0.1) is 17.2 Å². The molecule has 0 aliphatic carbocycles. The molecule has 8 nitrogen and oxygen atoms in total. The summed E-state index contributed by atoms with van der Waals surface area (Å²) in [7, 11) is 0. The first-order valence-corrected chi connectivity index (χ1v) is 10.1. The van der Waals surface area contributed by atoms with Crippen molar-refractivity contribution in [1.29, 1.82) is 5.26 Å². The van der Waals surface area contributed by atoms with Crippen LogP contribution < -0.4 is 4.90 Å². The lowest BCUT2D eigenvalue weighted by Gasteiger charge is -2.35. The van der Waals surface area contributed by atoms with E-state index < -0.39 is 0 Å². The van der Waals surface area contributed by atoms with Gasteiger partial charge in [-0.15, -0.1) is 0 Å². The molecule has 3 rings (SSSR count). The van der Waals surface area contributed by atoms with Gasteiger partial charge in [-0.2, -0.15) is 5.26 Å². The Labute approximate surface area is 171 Å². The third-order valence-electron chi connectivity index (χ3n) is 5.35. The van der Waals surface area contributed by atoms with Gasteiger partial charge in [0.25, 0.3) is 5.91 Å². The summed E-state index contributed by atoms with van der Waals surface area (Å²) >= 11 is 0. The first kappa shape index (κ1) is 20.6. The van der Waals surface area contributed by atoms with Crippen molar-refractivity contribution in [2.24, 2.45) is 5.92 Å². The molecule has 154 valence electrons. The predicted molar refractivity (Wildman–Crippen MR) is 108 cm³/mol. The van der Waals surface area contributed by atoms with Crippen LogP contribution in [-0.4, -0.2) is 72.5 Å². The van der Waals surface area contributed by atoms with Crippen LogP contribution in [0.4, 0.5) is 5.82 Å². The number of hydrogen-bond donors (Lipinski definition) is 0. The number of carbonyl (C=O) groups is 2. The molecule has 2 saturated heterocycles. The van der Waals surface area contributed by atoms with Crippen molar-refractivity contribution in [2.75, 3.05) is 50.8 Å². The largest absolute Gasteiger partial charge is 0.466 e. The second-order valence-electron chi connectivity index (χ2n) is 7.18. The van der Waals surface area contributed by atoms with E-state index >= 15 is 0 Å². The van der Waals surface area contributed by atoms with E-state index in [1.807, 2.05) is 23.1 Å². The van der Waals surface area contributed by atoms with Gasteiger partial charge in [-0.3, -0.25) is 9.59 Å². The van der Waals surface area contributed by atoms with Crippen molar-refractivity contribution >= 4 is 17.7 Å². The number of hydrogen-bond acceptors (Lipinski definition) is 7. The van der Waals surface area contributed by atoms with Crippen molar-refractivity contribution in [3.8, 4) is 6.07 Å². The van der Waals surface area contributed by atoms with Gasteiger partial charge in [-0.25, -0.2) is 4.98 Å². The lowest BCUT2D eigenvalue weighted by molar-refractivity contribution is -0.150. The third-order valence-corrected chi connectivity index (χ3v) is 5.35. The monoisotopic (exact) mass is 397 g/mol. The number of aromatic nitrogens is 1. The molecule has 2 aliphatic rings. The fourth-order valence-electron chi connectivity index (χ4n) is 3.68. The summed E-state index contributed by atoms with van der Waals surface area (Å²) in [6.45, 7) is 6.10. The van der Waals surface area contributed by atoms with Crippen LogP contribution in [0.25, 0.3) is 0 Å². The van der Waals surface area contributed by atoms with Crippen molar-refractivity contribution in [3.63, 3.8) is 0 Å². The molecule has 0 unspecified atom stereocenters. The summed E-state index contributed by atoms with van der Waals surface area (Å²) in [4.78, 5) is 34.9. The summed E-state index contributed by atoms with van der Waals surface area (Å²) in [6, 6.07) is 7.89. The second-order valence-corrected chi connectivity index (χ2v) is 7.18. The normalized spacial score (nSPS) is 18.3. The van der Waals surface area contributed by atoms with E-state index in [-0.39, 0.29) is 23.4 Å². The van der Waals surface area contributed by atoms with E-state index in [0.29, 0.717) is 32.5 Å². The highest BCUT2D eigenvalue weighted by Crippen LogP contribution is 2.20. The average Bonchev–Trinajstić information content (AvgIpc) is 2.78. The van der Waals surface area contributed by atoms with Gasteiger partial charge >= 0.3 is 5.97 Å². The van der Waals surface area contributed by atoms with E-state index in [9.17, 15) is 14.9 Å². The molecule has 3 heterocycles. The number of ether oxygens (including phenoxy) is 1. The van der Waals surface area contributed by atoms with Crippen LogP contribution in [-0.2, 0) is 14.3 Å². The summed E-state index contributed by atoms with van der Waals surface area (Å²) in [6.07, 6.45) is 4.60. The van der Waals surface area contributed by atoms with Gasteiger partial charge in [0, 0.05) is 51.7 Å². The molecular weight excluding hydrogens is 370 g/mol. The summed E-state index contributed by atoms with van der Waals surface area (Å²) in [5.74, 6) is 0.328. The molecule has 0 bridgehead atoms. The molecule has 0 spiro atoms. The molecule has 1 aromatic heterocycles. The van der Waals surface area contributed by atoms with Crippen LogP contribution in [0.3, 0.4) is 0 Å².